The molecule has 0 amide bonds. The fourth-order valence-electron chi connectivity index (χ4n) is 1.24. The summed E-state index contributed by atoms with van der Waals surface area (Å²) in [5.41, 5.74) is 0. The monoisotopic (exact) mass is 158 g/mol. The van der Waals surface area contributed by atoms with E-state index in [2.05, 4.69) is 18.6 Å². The van der Waals surface area contributed by atoms with E-state index in [9.17, 15) is 4.79 Å². The van der Waals surface area contributed by atoms with Crippen LogP contribution in [-0.4, -0.2) is 13.1 Å². The van der Waals surface area contributed by atoms with Gasteiger partial charge in [0.05, 0.1) is 13.0 Å². The molecule has 0 heterocycles. The lowest BCUT2D eigenvalue weighted by Gasteiger charge is -2.18. The molecule has 11 heavy (non-hydrogen) atoms. The Hall–Kier alpha value is -0.530. The molecule has 0 N–H and O–H groups in total. The van der Waals surface area contributed by atoms with Crippen LogP contribution in [0.4, 0.5) is 0 Å². The number of rotatable bonds is 4. The van der Waals surface area contributed by atoms with Gasteiger partial charge in [-0.15, -0.1) is 0 Å². The molecule has 2 unspecified atom stereocenters. The van der Waals surface area contributed by atoms with Crippen molar-refractivity contribution in [2.24, 2.45) is 11.8 Å². The Bertz CT molecular complexity index is 121. The second-order valence-corrected chi connectivity index (χ2v) is 2.92. The maximum absolute atomic E-state index is 11.1. The minimum absolute atomic E-state index is 0.0677. The Labute approximate surface area is 68.9 Å². The van der Waals surface area contributed by atoms with E-state index in [0.717, 1.165) is 12.8 Å². The maximum atomic E-state index is 11.1. The van der Waals surface area contributed by atoms with Gasteiger partial charge in [0, 0.05) is 0 Å². The first-order valence-electron chi connectivity index (χ1n) is 4.25. The van der Waals surface area contributed by atoms with Crippen LogP contribution in [0.15, 0.2) is 0 Å². The quantitative estimate of drug-likeness (QED) is 0.586. The highest BCUT2D eigenvalue weighted by Gasteiger charge is 2.22. The molecule has 0 radical (unpaired) electrons. The van der Waals surface area contributed by atoms with Crippen LogP contribution in [0.5, 0.6) is 0 Å². The van der Waals surface area contributed by atoms with Gasteiger partial charge >= 0.3 is 5.97 Å². The van der Waals surface area contributed by atoms with Crippen molar-refractivity contribution in [3.05, 3.63) is 0 Å². The topological polar surface area (TPSA) is 26.3 Å². The van der Waals surface area contributed by atoms with Gasteiger partial charge in [-0.3, -0.25) is 4.79 Å². The van der Waals surface area contributed by atoms with Crippen molar-refractivity contribution in [2.45, 2.75) is 33.6 Å². The van der Waals surface area contributed by atoms with Gasteiger partial charge in [0.1, 0.15) is 0 Å². The maximum Gasteiger partial charge on any atom is 0.308 e. The molecule has 0 aromatic heterocycles. The average Bonchev–Trinajstić information content (AvgIpc) is 2.05. The summed E-state index contributed by atoms with van der Waals surface area (Å²) in [6.45, 7) is 6.20. The summed E-state index contributed by atoms with van der Waals surface area (Å²) in [6, 6.07) is 0. The number of esters is 1. The van der Waals surface area contributed by atoms with Crippen LogP contribution in [0.25, 0.3) is 0 Å². The zero-order valence-electron chi connectivity index (χ0n) is 7.89. The van der Waals surface area contributed by atoms with Crippen LogP contribution in [0.2, 0.25) is 0 Å². The highest BCUT2D eigenvalue weighted by atomic mass is 16.5. The van der Waals surface area contributed by atoms with Crippen molar-refractivity contribution in [3.8, 4) is 0 Å². The van der Waals surface area contributed by atoms with Gasteiger partial charge in [-0.1, -0.05) is 27.2 Å². The van der Waals surface area contributed by atoms with E-state index in [1.54, 1.807) is 0 Å². The van der Waals surface area contributed by atoms with Crippen molar-refractivity contribution in [3.63, 3.8) is 0 Å². The molecule has 2 atom stereocenters. The van der Waals surface area contributed by atoms with Gasteiger partial charge in [-0.05, 0) is 12.3 Å². The Balaban J connectivity index is 4.03. The number of hydrogen-bond acceptors (Lipinski definition) is 2. The van der Waals surface area contributed by atoms with Crippen LogP contribution in [0.1, 0.15) is 33.6 Å². The zero-order chi connectivity index (χ0) is 8.85. The Morgan fingerprint density at radius 1 is 1.36 bits per heavy atom. The molecule has 0 saturated carbocycles. The van der Waals surface area contributed by atoms with Gasteiger partial charge in [0.2, 0.25) is 0 Å². The first-order valence-corrected chi connectivity index (χ1v) is 4.25. The lowest BCUT2D eigenvalue weighted by atomic mass is 9.90. The van der Waals surface area contributed by atoms with Crippen LogP contribution in [-0.2, 0) is 9.53 Å². The minimum Gasteiger partial charge on any atom is -0.469 e. The van der Waals surface area contributed by atoms with Gasteiger partial charge in [0.15, 0.2) is 0 Å². The molecule has 66 valence electrons. The Kier molecular flexibility index (Phi) is 4.92. The molecule has 0 bridgehead atoms. The second kappa shape index (κ2) is 5.16. The predicted molar refractivity (Wildman–Crippen MR) is 45.3 cm³/mol. The summed E-state index contributed by atoms with van der Waals surface area (Å²) in [6.07, 6.45) is 1.91. The van der Waals surface area contributed by atoms with Crippen molar-refractivity contribution in [2.75, 3.05) is 7.11 Å². The van der Waals surface area contributed by atoms with Crippen LogP contribution in [0, 0.1) is 11.8 Å². The van der Waals surface area contributed by atoms with E-state index in [-0.39, 0.29) is 11.9 Å². The first kappa shape index (κ1) is 10.5. The van der Waals surface area contributed by atoms with E-state index >= 15 is 0 Å². The first-order chi connectivity index (χ1) is 5.17. The summed E-state index contributed by atoms with van der Waals surface area (Å²) in [5.74, 6) is 0.458. The summed E-state index contributed by atoms with van der Waals surface area (Å²) >= 11 is 0. The smallest absolute Gasteiger partial charge is 0.308 e. The third-order valence-electron chi connectivity index (χ3n) is 2.27. The highest BCUT2D eigenvalue weighted by Crippen LogP contribution is 2.19. The molecule has 0 aliphatic carbocycles. The van der Waals surface area contributed by atoms with Crippen molar-refractivity contribution >= 4 is 5.97 Å². The van der Waals surface area contributed by atoms with Crippen molar-refractivity contribution in [1.82, 2.24) is 0 Å². The summed E-state index contributed by atoms with van der Waals surface area (Å²) in [5, 5.41) is 0. The Morgan fingerprint density at radius 2 is 1.91 bits per heavy atom. The molecule has 0 fully saturated rings. The van der Waals surface area contributed by atoms with E-state index in [1.807, 2.05) is 6.92 Å². The van der Waals surface area contributed by atoms with E-state index in [0.29, 0.717) is 5.92 Å². The molecular formula is C9H18O2. The molecule has 0 aliphatic rings. The number of ether oxygens (including phenoxy) is 1. The largest absolute Gasteiger partial charge is 0.469 e. The third kappa shape index (κ3) is 2.91. The third-order valence-corrected chi connectivity index (χ3v) is 2.27. The fraction of sp³-hybridized carbons (Fsp3) is 0.889. The number of hydrogen-bond donors (Lipinski definition) is 0. The number of carbonyl (C=O) groups is 1. The molecule has 0 aliphatic heterocycles. The molecule has 0 rings (SSSR count). The molecule has 0 saturated heterocycles. The van der Waals surface area contributed by atoms with Crippen LogP contribution in [0.3, 0.4) is 0 Å². The van der Waals surface area contributed by atoms with Crippen LogP contribution < -0.4 is 0 Å². The normalized spacial score (nSPS) is 15.6. The van der Waals surface area contributed by atoms with Gasteiger partial charge < -0.3 is 4.74 Å². The van der Waals surface area contributed by atoms with E-state index in [1.165, 1.54) is 7.11 Å². The van der Waals surface area contributed by atoms with Crippen LogP contribution >= 0.6 is 0 Å². The predicted octanol–water partition coefficient (Wildman–Crippen LogP) is 2.23. The second-order valence-electron chi connectivity index (χ2n) is 2.92. The number of carbonyl (C=O) groups excluding carboxylic acids is 1. The average molecular weight is 158 g/mol. The number of methoxy groups -OCH3 is 1. The lowest BCUT2D eigenvalue weighted by molar-refractivity contribution is -0.147. The Morgan fingerprint density at radius 3 is 2.18 bits per heavy atom. The SMILES string of the molecule is CCC(C)C(CC)C(=O)OC. The summed E-state index contributed by atoms with van der Waals surface area (Å²) in [4.78, 5) is 11.1. The molecule has 2 heteroatoms. The van der Waals surface area contributed by atoms with E-state index < -0.39 is 0 Å². The molecule has 0 aromatic carbocycles. The van der Waals surface area contributed by atoms with Crippen molar-refractivity contribution < 1.29 is 9.53 Å². The summed E-state index contributed by atoms with van der Waals surface area (Å²) < 4.78 is 4.69. The summed E-state index contributed by atoms with van der Waals surface area (Å²) in [7, 11) is 1.45. The molecular weight excluding hydrogens is 140 g/mol. The highest BCUT2D eigenvalue weighted by molar-refractivity contribution is 5.72. The minimum atomic E-state index is -0.0677. The van der Waals surface area contributed by atoms with E-state index in [4.69, 9.17) is 0 Å². The molecule has 0 aromatic rings. The fourth-order valence-corrected chi connectivity index (χ4v) is 1.24. The van der Waals surface area contributed by atoms with Crippen molar-refractivity contribution in [1.29, 1.82) is 0 Å². The lowest BCUT2D eigenvalue weighted by Crippen LogP contribution is -2.22. The van der Waals surface area contributed by atoms with Gasteiger partial charge in [-0.25, -0.2) is 0 Å². The van der Waals surface area contributed by atoms with Gasteiger partial charge in [-0.2, -0.15) is 0 Å². The van der Waals surface area contributed by atoms with Gasteiger partial charge in [0.25, 0.3) is 0 Å². The molecule has 2 nitrogen and oxygen atoms in total. The zero-order valence-corrected chi connectivity index (χ0v) is 7.89. The molecule has 0 spiro atoms. The standard InChI is InChI=1S/C9H18O2/c1-5-7(3)8(6-2)9(10)11-4/h7-8H,5-6H2,1-4H3.